The van der Waals surface area contributed by atoms with Crippen molar-refractivity contribution in [3.8, 4) is 44.5 Å². The van der Waals surface area contributed by atoms with Crippen LogP contribution in [0.3, 0.4) is 0 Å². The summed E-state index contributed by atoms with van der Waals surface area (Å²) in [5.74, 6) is 0. The molecule has 0 spiro atoms. The molecule has 1 aromatic heterocycles. The van der Waals surface area contributed by atoms with Gasteiger partial charge in [-0.3, -0.25) is 0 Å². The predicted molar refractivity (Wildman–Crippen MR) is 245 cm³/mol. The van der Waals surface area contributed by atoms with E-state index in [0.29, 0.717) is 0 Å². The summed E-state index contributed by atoms with van der Waals surface area (Å²) in [7, 11) is 0. The summed E-state index contributed by atoms with van der Waals surface area (Å²) in [5, 5.41) is 7.23. The van der Waals surface area contributed by atoms with Crippen LogP contribution in [-0.2, 0) is 0 Å². The normalized spacial score (nSPS) is 11.4. The molecule has 272 valence electrons. The molecule has 11 aromatic rings. The van der Waals surface area contributed by atoms with Gasteiger partial charge < -0.3 is 9.32 Å². The quantitative estimate of drug-likeness (QED) is 0.162. The maximum absolute atomic E-state index is 6.37. The molecule has 0 fully saturated rings. The van der Waals surface area contributed by atoms with Crippen molar-refractivity contribution in [2.45, 2.75) is 0 Å². The van der Waals surface area contributed by atoms with Crippen molar-refractivity contribution in [1.82, 2.24) is 0 Å². The van der Waals surface area contributed by atoms with E-state index in [4.69, 9.17) is 4.42 Å². The van der Waals surface area contributed by atoms with E-state index in [2.05, 4.69) is 217 Å². The molecule has 10 aromatic carbocycles. The second kappa shape index (κ2) is 14.1. The fourth-order valence-electron chi connectivity index (χ4n) is 8.63. The number of nitrogens with zero attached hydrogens (tertiary/aromatic N) is 1. The number of fused-ring (bicyclic) bond motifs is 5. The maximum atomic E-state index is 6.37. The number of benzene rings is 10. The minimum Gasteiger partial charge on any atom is -0.456 e. The minimum atomic E-state index is 0.883. The van der Waals surface area contributed by atoms with Crippen LogP contribution >= 0.6 is 0 Å². The third-order valence-corrected chi connectivity index (χ3v) is 11.5. The molecule has 0 radical (unpaired) electrons. The van der Waals surface area contributed by atoms with E-state index in [-0.39, 0.29) is 0 Å². The van der Waals surface area contributed by atoms with Gasteiger partial charge in [0.1, 0.15) is 11.2 Å². The van der Waals surface area contributed by atoms with Crippen LogP contribution in [0.5, 0.6) is 0 Å². The van der Waals surface area contributed by atoms with Crippen LogP contribution in [0.15, 0.2) is 229 Å². The summed E-state index contributed by atoms with van der Waals surface area (Å²) in [6.45, 7) is 0. The van der Waals surface area contributed by atoms with E-state index in [1.54, 1.807) is 0 Å². The maximum Gasteiger partial charge on any atom is 0.136 e. The standard InChI is InChI=1S/C56H37NO/c1-2-14-42-36-43(25-24-38(42)12-1)50-18-6-5-17-48(50)40-26-31-45(32-27-40)57(46-33-28-41(29-34-46)49-21-11-15-39-13-3-4-16-47(39)49)54-22-9-7-19-51(54)44-30-35-53-52-20-8-10-23-55(52)58-56(53)37-44/h1-37H. The van der Waals surface area contributed by atoms with E-state index in [0.717, 1.165) is 50.1 Å². The van der Waals surface area contributed by atoms with Crippen LogP contribution in [0.1, 0.15) is 0 Å². The zero-order chi connectivity index (χ0) is 38.4. The highest BCUT2D eigenvalue weighted by Crippen LogP contribution is 2.44. The average Bonchev–Trinajstić information content (AvgIpc) is 3.67. The van der Waals surface area contributed by atoms with Crippen LogP contribution < -0.4 is 4.90 Å². The third-order valence-electron chi connectivity index (χ3n) is 11.5. The summed E-state index contributed by atoms with van der Waals surface area (Å²) >= 11 is 0. The van der Waals surface area contributed by atoms with Gasteiger partial charge in [0.25, 0.3) is 0 Å². The van der Waals surface area contributed by atoms with Crippen LogP contribution in [-0.4, -0.2) is 0 Å². The number of hydrogen-bond donors (Lipinski definition) is 0. The largest absolute Gasteiger partial charge is 0.456 e. The molecule has 58 heavy (non-hydrogen) atoms. The molecular formula is C56H37NO. The van der Waals surface area contributed by atoms with E-state index in [1.807, 2.05) is 12.1 Å². The highest BCUT2D eigenvalue weighted by Gasteiger charge is 2.19. The summed E-state index contributed by atoms with van der Waals surface area (Å²) in [6.07, 6.45) is 0. The second-order valence-corrected chi connectivity index (χ2v) is 14.9. The number of furan rings is 1. The molecule has 0 aliphatic heterocycles. The minimum absolute atomic E-state index is 0.883. The first-order valence-corrected chi connectivity index (χ1v) is 19.8. The van der Waals surface area contributed by atoms with Crippen LogP contribution in [0.25, 0.3) is 88.0 Å². The third kappa shape index (κ3) is 5.91. The van der Waals surface area contributed by atoms with E-state index in [1.165, 1.54) is 54.9 Å². The van der Waals surface area contributed by atoms with Crippen LogP contribution in [0.4, 0.5) is 17.1 Å². The molecule has 2 nitrogen and oxygen atoms in total. The Morgan fingerprint density at radius 2 is 0.776 bits per heavy atom. The molecule has 0 bridgehead atoms. The van der Waals surface area contributed by atoms with Gasteiger partial charge in [-0.1, -0.05) is 170 Å². The highest BCUT2D eigenvalue weighted by atomic mass is 16.3. The first-order valence-electron chi connectivity index (χ1n) is 19.8. The van der Waals surface area contributed by atoms with Gasteiger partial charge in [0.2, 0.25) is 0 Å². The number of para-hydroxylation sites is 2. The second-order valence-electron chi connectivity index (χ2n) is 14.9. The Labute approximate surface area is 337 Å². The Bertz CT molecular complexity index is 3280. The van der Waals surface area contributed by atoms with Gasteiger partial charge in [0, 0.05) is 27.7 Å². The Morgan fingerprint density at radius 1 is 0.276 bits per heavy atom. The Kier molecular flexibility index (Phi) is 8.19. The molecule has 1 heterocycles. The van der Waals surface area contributed by atoms with Gasteiger partial charge in [0.05, 0.1) is 5.69 Å². The van der Waals surface area contributed by atoms with Gasteiger partial charge in [-0.25, -0.2) is 0 Å². The molecule has 0 N–H and O–H groups in total. The number of hydrogen-bond acceptors (Lipinski definition) is 2. The Morgan fingerprint density at radius 3 is 1.55 bits per heavy atom. The molecule has 0 atom stereocenters. The summed E-state index contributed by atoms with van der Waals surface area (Å²) < 4.78 is 6.37. The zero-order valence-corrected chi connectivity index (χ0v) is 31.7. The van der Waals surface area contributed by atoms with Crippen LogP contribution in [0.2, 0.25) is 0 Å². The Hall–Kier alpha value is -7.68. The molecule has 0 amide bonds. The van der Waals surface area contributed by atoms with E-state index < -0.39 is 0 Å². The van der Waals surface area contributed by atoms with Gasteiger partial charge in [-0.05, 0) is 115 Å². The van der Waals surface area contributed by atoms with E-state index in [9.17, 15) is 0 Å². The molecule has 0 unspecified atom stereocenters. The lowest BCUT2D eigenvalue weighted by Gasteiger charge is -2.28. The molecule has 0 aliphatic carbocycles. The van der Waals surface area contributed by atoms with E-state index >= 15 is 0 Å². The smallest absolute Gasteiger partial charge is 0.136 e. The van der Waals surface area contributed by atoms with Crippen molar-refractivity contribution in [3.63, 3.8) is 0 Å². The summed E-state index contributed by atoms with van der Waals surface area (Å²) in [5.41, 5.74) is 14.4. The van der Waals surface area contributed by atoms with Crippen molar-refractivity contribution in [3.05, 3.63) is 224 Å². The van der Waals surface area contributed by atoms with Crippen molar-refractivity contribution in [2.75, 3.05) is 4.90 Å². The predicted octanol–water partition coefficient (Wildman–Crippen LogP) is 16.0. The topological polar surface area (TPSA) is 16.4 Å². The monoisotopic (exact) mass is 739 g/mol. The molecule has 2 heteroatoms. The van der Waals surface area contributed by atoms with Crippen molar-refractivity contribution in [1.29, 1.82) is 0 Å². The zero-order valence-electron chi connectivity index (χ0n) is 31.7. The molecular weight excluding hydrogens is 703 g/mol. The lowest BCUT2D eigenvalue weighted by atomic mass is 9.93. The first kappa shape index (κ1) is 33.6. The highest BCUT2D eigenvalue weighted by molar-refractivity contribution is 6.06. The fraction of sp³-hybridized carbons (Fsp3) is 0. The number of rotatable bonds is 7. The van der Waals surface area contributed by atoms with Gasteiger partial charge in [-0.15, -0.1) is 0 Å². The van der Waals surface area contributed by atoms with Crippen molar-refractivity contribution < 1.29 is 4.42 Å². The summed E-state index contributed by atoms with van der Waals surface area (Å²) in [4.78, 5) is 2.38. The lowest BCUT2D eigenvalue weighted by Crippen LogP contribution is -2.11. The van der Waals surface area contributed by atoms with Gasteiger partial charge >= 0.3 is 0 Å². The van der Waals surface area contributed by atoms with Crippen LogP contribution in [0, 0.1) is 0 Å². The average molecular weight is 740 g/mol. The fourth-order valence-corrected chi connectivity index (χ4v) is 8.63. The van der Waals surface area contributed by atoms with Gasteiger partial charge in [-0.2, -0.15) is 0 Å². The summed E-state index contributed by atoms with van der Waals surface area (Å²) in [6, 6.07) is 80.7. The lowest BCUT2D eigenvalue weighted by molar-refractivity contribution is 0.669. The van der Waals surface area contributed by atoms with Gasteiger partial charge in [0.15, 0.2) is 0 Å². The first-order chi connectivity index (χ1) is 28.7. The van der Waals surface area contributed by atoms with Crippen molar-refractivity contribution >= 4 is 60.5 Å². The molecule has 11 rings (SSSR count). The molecule has 0 saturated heterocycles. The molecule has 0 saturated carbocycles. The van der Waals surface area contributed by atoms with Crippen molar-refractivity contribution in [2.24, 2.45) is 0 Å². The SMILES string of the molecule is c1ccc(-c2ccc3ccccc3c2)c(-c2ccc(N(c3ccc(-c4cccc5ccccc45)cc3)c3ccccc3-c3ccc4c(c3)oc3ccccc34)cc2)c1. The Balaban J connectivity index is 1.03. The number of anilines is 3. The molecule has 0 aliphatic rings.